The van der Waals surface area contributed by atoms with E-state index in [9.17, 15) is 5.11 Å². The van der Waals surface area contributed by atoms with Gasteiger partial charge < -0.3 is 9.84 Å². The van der Waals surface area contributed by atoms with Crippen LogP contribution >= 0.6 is 11.8 Å². The van der Waals surface area contributed by atoms with Gasteiger partial charge in [-0.2, -0.15) is 0 Å². The Morgan fingerprint density at radius 3 is 2.46 bits per heavy atom. The molecule has 0 radical (unpaired) electrons. The van der Waals surface area contributed by atoms with Gasteiger partial charge in [-0.3, -0.25) is 4.57 Å². The van der Waals surface area contributed by atoms with Gasteiger partial charge in [0.25, 0.3) is 0 Å². The lowest BCUT2D eigenvalue weighted by Gasteiger charge is -2.26. The summed E-state index contributed by atoms with van der Waals surface area (Å²) < 4.78 is 7.03. The molecule has 0 fully saturated rings. The Bertz CT molecular complexity index is 874. The molecule has 1 unspecified atom stereocenters. The number of methoxy groups -OCH3 is 1. The molecule has 1 aromatic heterocycles. The van der Waals surface area contributed by atoms with Crippen molar-refractivity contribution in [1.82, 2.24) is 14.8 Å². The van der Waals surface area contributed by atoms with Gasteiger partial charge in [-0.1, -0.05) is 53.7 Å². The normalized spacial score (nSPS) is 19.3. The van der Waals surface area contributed by atoms with Crippen LogP contribution in [0.4, 0.5) is 0 Å². The topological polar surface area (TPSA) is 60.2 Å². The van der Waals surface area contributed by atoms with Crippen LogP contribution in [0, 0.1) is 6.92 Å². The third-order valence-electron chi connectivity index (χ3n) is 4.27. The molecule has 6 heteroatoms. The smallest absolute Gasteiger partial charge is 0.194 e. The number of nitrogens with zero attached hydrogens (tertiary/aromatic N) is 3. The lowest BCUT2D eigenvalue weighted by molar-refractivity contribution is 0.0303. The number of aliphatic hydroxyl groups is 1. The number of aryl methyl sites for hydroxylation is 1. The highest BCUT2D eigenvalue weighted by Crippen LogP contribution is 2.42. The largest absolute Gasteiger partial charge is 0.497 e. The fourth-order valence-electron chi connectivity index (χ4n) is 2.89. The van der Waals surface area contributed by atoms with Gasteiger partial charge >= 0.3 is 0 Å². The molecule has 0 saturated heterocycles. The van der Waals surface area contributed by atoms with Crippen molar-refractivity contribution < 1.29 is 9.84 Å². The second-order valence-electron chi connectivity index (χ2n) is 5.84. The Balaban J connectivity index is 1.82. The number of hydrogen-bond donors (Lipinski definition) is 1. The molecule has 1 aliphatic rings. The standard InChI is InChI=1S/C18H17N3O2S/c1-12-3-5-13(6-4-12)16-19-20-17-21(16)18(22,11-24-17)14-7-9-15(23-2)10-8-14/h3-10,22H,11H2,1-2H3. The zero-order valence-corrected chi connectivity index (χ0v) is 14.2. The van der Waals surface area contributed by atoms with Crippen LogP contribution < -0.4 is 4.74 Å². The Hall–Kier alpha value is -2.31. The molecule has 0 aliphatic carbocycles. The summed E-state index contributed by atoms with van der Waals surface area (Å²) in [5.74, 6) is 1.94. The maximum absolute atomic E-state index is 11.4. The Morgan fingerprint density at radius 1 is 1.08 bits per heavy atom. The van der Waals surface area contributed by atoms with Crippen molar-refractivity contribution in [2.75, 3.05) is 12.9 Å². The molecule has 1 atom stereocenters. The van der Waals surface area contributed by atoms with Crippen LogP contribution in [-0.2, 0) is 5.72 Å². The molecule has 122 valence electrons. The highest BCUT2D eigenvalue weighted by molar-refractivity contribution is 7.99. The second kappa shape index (κ2) is 5.65. The number of ether oxygens (including phenoxy) is 1. The molecule has 5 nitrogen and oxygen atoms in total. The van der Waals surface area contributed by atoms with Crippen LogP contribution in [-0.4, -0.2) is 32.7 Å². The predicted molar refractivity (Wildman–Crippen MR) is 93.2 cm³/mol. The average Bonchev–Trinajstić information content (AvgIpc) is 3.18. The summed E-state index contributed by atoms with van der Waals surface area (Å²) in [7, 11) is 1.63. The van der Waals surface area contributed by atoms with Crippen molar-refractivity contribution in [1.29, 1.82) is 0 Å². The lowest BCUT2D eigenvalue weighted by atomic mass is 10.0. The molecule has 0 spiro atoms. The number of hydrogen-bond acceptors (Lipinski definition) is 5. The fraction of sp³-hybridized carbons (Fsp3) is 0.222. The first-order valence-electron chi connectivity index (χ1n) is 7.64. The molecule has 1 aliphatic heterocycles. The molecule has 2 heterocycles. The first-order valence-corrected chi connectivity index (χ1v) is 8.63. The molecular weight excluding hydrogens is 322 g/mol. The van der Waals surface area contributed by atoms with Crippen molar-refractivity contribution in [2.45, 2.75) is 17.8 Å². The van der Waals surface area contributed by atoms with Crippen LogP contribution in [0.1, 0.15) is 11.1 Å². The highest BCUT2D eigenvalue weighted by Gasteiger charge is 2.42. The number of thioether (sulfide) groups is 1. The molecule has 1 N–H and O–H groups in total. The van der Waals surface area contributed by atoms with E-state index in [2.05, 4.69) is 10.2 Å². The summed E-state index contributed by atoms with van der Waals surface area (Å²) in [4.78, 5) is 0. The van der Waals surface area contributed by atoms with Crippen molar-refractivity contribution in [3.8, 4) is 17.1 Å². The van der Waals surface area contributed by atoms with Crippen LogP contribution in [0.3, 0.4) is 0 Å². The zero-order chi connectivity index (χ0) is 16.7. The minimum atomic E-state index is -1.17. The van der Waals surface area contributed by atoms with Gasteiger partial charge in [-0.25, -0.2) is 0 Å². The van der Waals surface area contributed by atoms with E-state index >= 15 is 0 Å². The van der Waals surface area contributed by atoms with Crippen LogP contribution in [0.15, 0.2) is 53.7 Å². The van der Waals surface area contributed by atoms with E-state index < -0.39 is 5.72 Å². The summed E-state index contributed by atoms with van der Waals surface area (Å²) in [6.45, 7) is 2.04. The molecule has 2 aromatic carbocycles. The third-order valence-corrected chi connectivity index (χ3v) is 5.34. The van der Waals surface area contributed by atoms with Gasteiger partial charge in [0.2, 0.25) is 0 Å². The van der Waals surface area contributed by atoms with Crippen molar-refractivity contribution in [3.63, 3.8) is 0 Å². The molecule has 0 amide bonds. The van der Waals surface area contributed by atoms with E-state index in [4.69, 9.17) is 4.74 Å². The lowest BCUT2D eigenvalue weighted by Crippen LogP contribution is -2.34. The Morgan fingerprint density at radius 2 is 1.79 bits per heavy atom. The summed E-state index contributed by atoms with van der Waals surface area (Å²) in [6, 6.07) is 15.5. The first-order chi connectivity index (χ1) is 11.6. The van der Waals surface area contributed by atoms with Crippen LogP contribution in [0.2, 0.25) is 0 Å². The fourth-order valence-corrected chi connectivity index (χ4v) is 3.98. The van der Waals surface area contributed by atoms with Gasteiger partial charge in [0.15, 0.2) is 16.7 Å². The summed E-state index contributed by atoms with van der Waals surface area (Å²) in [5, 5.41) is 20.7. The molecule has 0 saturated carbocycles. The van der Waals surface area contributed by atoms with Crippen LogP contribution in [0.5, 0.6) is 5.75 Å². The van der Waals surface area contributed by atoms with E-state index in [1.165, 1.54) is 17.3 Å². The van der Waals surface area contributed by atoms with E-state index in [1.807, 2.05) is 60.0 Å². The van der Waals surface area contributed by atoms with E-state index in [0.29, 0.717) is 11.6 Å². The highest BCUT2D eigenvalue weighted by atomic mass is 32.2. The Labute approximate surface area is 144 Å². The van der Waals surface area contributed by atoms with Crippen LogP contribution in [0.25, 0.3) is 11.4 Å². The minimum Gasteiger partial charge on any atom is -0.497 e. The van der Waals surface area contributed by atoms with Gasteiger partial charge in [-0.05, 0) is 19.1 Å². The number of fused-ring (bicyclic) bond motifs is 1. The molecule has 3 aromatic rings. The van der Waals surface area contributed by atoms with Gasteiger partial charge in [0, 0.05) is 11.1 Å². The molecular formula is C18H17N3O2S. The number of rotatable bonds is 3. The maximum atomic E-state index is 11.4. The maximum Gasteiger partial charge on any atom is 0.194 e. The van der Waals surface area contributed by atoms with E-state index in [0.717, 1.165) is 22.0 Å². The van der Waals surface area contributed by atoms with E-state index in [-0.39, 0.29) is 0 Å². The average molecular weight is 339 g/mol. The minimum absolute atomic E-state index is 0.503. The van der Waals surface area contributed by atoms with Crippen molar-refractivity contribution in [3.05, 3.63) is 59.7 Å². The van der Waals surface area contributed by atoms with E-state index in [1.54, 1.807) is 7.11 Å². The van der Waals surface area contributed by atoms with Gasteiger partial charge in [0.05, 0.1) is 12.9 Å². The quantitative estimate of drug-likeness (QED) is 0.795. The molecule has 0 bridgehead atoms. The summed E-state index contributed by atoms with van der Waals surface area (Å²) in [5.41, 5.74) is 1.74. The number of benzene rings is 2. The summed E-state index contributed by atoms with van der Waals surface area (Å²) >= 11 is 1.51. The molecule has 24 heavy (non-hydrogen) atoms. The second-order valence-corrected chi connectivity index (χ2v) is 6.78. The SMILES string of the molecule is COc1ccc(C2(O)CSc3nnc(-c4ccc(C)cc4)n32)cc1. The van der Waals surface area contributed by atoms with Crippen molar-refractivity contribution >= 4 is 11.8 Å². The third kappa shape index (κ3) is 2.30. The first kappa shape index (κ1) is 15.2. The van der Waals surface area contributed by atoms with Gasteiger partial charge in [0.1, 0.15) is 5.75 Å². The zero-order valence-electron chi connectivity index (χ0n) is 13.4. The monoisotopic (exact) mass is 339 g/mol. The Kier molecular flexibility index (Phi) is 3.58. The number of aromatic nitrogens is 3. The molecule has 4 rings (SSSR count). The summed E-state index contributed by atoms with van der Waals surface area (Å²) in [6.07, 6.45) is 0. The van der Waals surface area contributed by atoms with Crippen molar-refractivity contribution in [2.24, 2.45) is 0 Å². The predicted octanol–water partition coefficient (Wildman–Crippen LogP) is 3.06. The van der Waals surface area contributed by atoms with Gasteiger partial charge in [-0.15, -0.1) is 10.2 Å².